The van der Waals surface area contributed by atoms with E-state index in [0.717, 1.165) is 28.3 Å². The van der Waals surface area contributed by atoms with Gasteiger partial charge in [0.05, 0.1) is 25.1 Å². The number of amides is 1. The van der Waals surface area contributed by atoms with E-state index in [1.807, 2.05) is 42.5 Å². The molecule has 0 aliphatic heterocycles. The van der Waals surface area contributed by atoms with Crippen molar-refractivity contribution in [2.45, 2.75) is 13.0 Å². The lowest BCUT2D eigenvalue weighted by Gasteiger charge is -2.11. The number of nitrogen functional groups attached to an aromatic ring is 1. The molecule has 0 aliphatic carbocycles. The van der Waals surface area contributed by atoms with E-state index in [0.29, 0.717) is 30.2 Å². The molecule has 0 fully saturated rings. The summed E-state index contributed by atoms with van der Waals surface area (Å²) in [6.07, 6.45) is 2.32. The zero-order valence-electron chi connectivity index (χ0n) is 18.1. The molecule has 0 saturated heterocycles. The second-order valence-electron chi connectivity index (χ2n) is 7.24. The molecule has 8 nitrogen and oxygen atoms in total. The van der Waals surface area contributed by atoms with Gasteiger partial charge in [0.25, 0.3) is 5.91 Å². The summed E-state index contributed by atoms with van der Waals surface area (Å²) >= 11 is 0. The SMILES string of the molecule is C=CCNC(=O)c1nc(N)c2c3ccccc3n(CCc3ccc(OC)c(OC)c3)c2n1. The molecule has 4 rings (SSSR count). The molecule has 0 aliphatic rings. The first kappa shape index (κ1) is 21.2. The van der Waals surface area contributed by atoms with Gasteiger partial charge in [0.2, 0.25) is 5.82 Å². The number of benzene rings is 2. The van der Waals surface area contributed by atoms with Gasteiger partial charge in [-0.1, -0.05) is 30.3 Å². The van der Waals surface area contributed by atoms with Crippen LogP contribution in [0.5, 0.6) is 11.5 Å². The van der Waals surface area contributed by atoms with E-state index in [1.54, 1.807) is 20.3 Å². The minimum Gasteiger partial charge on any atom is -0.493 e. The second-order valence-corrected chi connectivity index (χ2v) is 7.24. The molecule has 164 valence electrons. The highest BCUT2D eigenvalue weighted by Crippen LogP contribution is 2.32. The first-order chi connectivity index (χ1) is 15.6. The molecule has 1 amide bonds. The number of rotatable bonds is 8. The van der Waals surface area contributed by atoms with E-state index in [4.69, 9.17) is 15.2 Å². The molecule has 4 aromatic rings. The molecule has 2 aromatic heterocycles. The van der Waals surface area contributed by atoms with Gasteiger partial charge in [-0.2, -0.15) is 0 Å². The quantitative estimate of drug-likeness (QED) is 0.415. The highest BCUT2D eigenvalue weighted by Gasteiger charge is 2.19. The maximum absolute atomic E-state index is 12.5. The number of nitrogens with zero attached hydrogens (tertiary/aromatic N) is 3. The topological polar surface area (TPSA) is 104 Å². The Hall–Kier alpha value is -4.07. The third kappa shape index (κ3) is 3.82. The normalized spacial score (nSPS) is 10.9. The van der Waals surface area contributed by atoms with E-state index >= 15 is 0 Å². The lowest BCUT2D eigenvalue weighted by Crippen LogP contribution is -2.26. The van der Waals surface area contributed by atoms with Crippen molar-refractivity contribution in [1.29, 1.82) is 0 Å². The Bertz CT molecular complexity index is 1310. The lowest BCUT2D eigenvalue weighted by atomic mass is 10.1. The van der Waals surface area contributed by atoms with Crippen LogP contribution < -0.4 is 20.5 Å². The van der Waals surface area contributed by atoms with Gasteiger partial charge in [-0.25, -0.2) is 9.97 Å². The molecule has 3 N–H and O–H groups in total. The summed E-state index contributed by atoms with van der Waals surface area (Å²) in [7, 11) is 3.23. The fraction of sp³-hybridized carbons (Fsp3) is 0.208. The van der Waals surface area contributed by atoms with Crippen LogP contribution in [-0.4, -0.2) is 41.2 Å². The molecule has 0 bridgehead atoms. The smallest absolute Gasteiger partial charge is 0.289 e. The van der Waals surface area contributed by atoms with Gasteiger partial charge >= 0.3 is 0 Å². The van der Waals surface area contributed by atoms with Crippen molar-refractivity contribution in [3.63, 3.8) is 0 Å². The van der Waals surface area contributed by atoms with E-state index in [1.165, 1.54) is 0 Å². The van der Waals surface area contributed by atoms with Crippen LogP contribution in [-0.2, 0) is 13.0 Å². The molecule has 0 unspecified atom stereocenters. The summed E-state index contributed by atoms with van der Waals surface area (Å²) in [6, 6.07) is 13.8. The molecule has 2 aromatic carbocycles. The van der Waals surface area contributed by atoms with E-state index < -0.39 is 5.91 Å². The van der Waals surface area contributed by atoms with Crippen LogP contribution in [0.1, 0.15) is 16.2 Å². The maximum atomic E-state index is 12.5. The highest BCUT2D eigenvalue weighted by atomic mass is 16.5. The Labute approximate surface area is 185 Å². The highest BCUT2D eigenvalue weighted by molar-refractivity contribution is 6.12. The number of hydrogen-bond acceptors (Lipinski definition) is 6. The first-order valence-corrected chi connectivity index (χ1v) is 10.2. The fourth-order valence-corrected chi connectivity index (χ4v) is 3.80. The minimum absolute atomic E-state index is 0.0343. The average Bonchev–Trinajstić information content (AvgIpc) is 3.14. The Morgan fingerprint density at radius 3 is 2.69 bits per heavy atom. The summed E-state index contributed by atoms with van der Waals surface area (Å²) in [4.78, 5) is 21.3. The number of anilines is 1. The third-order valence-electron chi connectivity index (χ3n) is 5.32. The zero-order valence-corrected chi connectivity index (χ0v) is 18.1. The number of aromatic nitrogens is 3. The summed E-state index contributed by atoms with van der Waals surface area (Å²) in [5, 5.41) is 4.40. The Morgan fingerprint density at radius 2 is 1.94 bits per heavy atom. The van der Waals surface area contributed by atoms with Gasteiger partial charge in [0.15, 0.2) is 11.5 Å². The van der Waals surface area contributed by atoms with Crippen molar-refractivity contribution in [2.24, 2.45) is 0 Å². The molecule has 32 heavy (non-hydrogen) atoms. The van der Waals surface area contributed by atoms with Crippen molar-refractivity contribution in [3.8, 4) is 11.5 Å². The summed E-state index contributed by atoms with van der Waals surface area (Å²) < 4.78 is 12.8. The number of hydrogen-bond donors (Lipinski definition) is 2. The van der Waals surface area contributed by atoms with E-state index in [9.17, 15) is 4.79 Å². The Balaban J connectivity index is 1.77. The molecule has 0 saturated carbocycles. The van der Waals surface area contributed by atoms with Crippen molar-refractivity contribution >= 4 is 33.7 Å². The standard InChI is InChI=1S/C24H25N5O3/c1-4-12-26-24(30)22-27-21(25)20-16-7-5-6-8-17(16)29(23(20)28-22)13-11-15-9-10-18(31-2)19(14-15)32-3/h4-10,14H,1,11-13H2,2-3H3,(H,26,30)(H2,25,27,28). The van der Waals surface area contributed by atoms with E-state index in [2.05, 4.69) is 26.4 Å². The van der Waals surface area contributed by atoms with Gasteiger partial charge in [-0.05, 0) is 30.2 Å². The Kier molecular flexibility index (Phi) is 5.93. The second kappa shape index (κ2) is 8.97. The van der Waals surface area contributed by atoms with Crippen molar-refractivity contribution in [2.75, 3.05) is 26.5 Å². The van der Waals surface area contributed by atoms with Gasteiger partial charge < -0.3 is 25.1 Å². The number of nitrogens with two attached hydrogens (primary N) is 1. The van der Waals surface area contributed by atoms with Gasteiger partial charge in [-0.15, -0.1) is 6.58 Å². The van der Waals surface area contributed by atoms with Gasteiger partial charge in [0.1, 0.15) is 11.5 Å². The van der Waals surface area contributed by atoms with Crippen LogP contribution >= 0.6 is 0 Å². The van der Waals surface area contributed by atoms with Crippen LogP contribution in [0.3, 0.4) is 0 Å². The largest absolute Gasteiger partial charge is 0.493 e. The number of carbonyl (C=O) groups is 1. The Morgan fingerprint density at radius 1 is 1.16 bits per heavy atom. The van der Waals surface area contributed by atoms with Crippen molar-refractivity contribution in [1.82, 2.24) is 19.9 Å². The third-order valence-corrected chi connectivity index (χ3v) is 5.32. The van der Waals surface area contributed by atoms with Crippen LogP contribution in [0.15, 0.2) is 55.1 Å². The first-order valence-electron chi connectivity index (χ1n) is 10.2. The number of methoxy groups -OCH3 is 2. The summed E-state index contributed by atoms with van der Waals surface area (Å²) in [6.45, 7) is 4.56. The number of fused-ring (bicyclic) bond motifs is 3. The van der Waals surface area contributed by atoms with Crippen LogP contribution in [0.2, 0.25) is 0 Å². The molecule has 0 spiro atoms. The molecule has 0 radical (unpaired) electrons. The fourth-order valence-electron chi connectivity index (χ4n) is 3.80. The van der Waals surface area contributed by atoms with Gasteiger partial charge in [-0.3, -0.25) is 4.79 Å². The number of carbonyl (C=O) groups excluding carboxylic acids is 1. The average molecular weight is 431 g/mol. The predicted octanol–water partition coefficient (Wildman–Crippen LogP) is 3.34. The summed E-state index contributed by atoms with van der Waals surface area (Å²) in [5.74, 6) is 1.28. The zero-order chi connectivity index (χ0) is 22.7. The molecule has 2 heterocycles. The lowest BCUT2D eigenvalue weighted by molar-refractivity contribution is 0.0948. The van der Waals surface area contributed by atoms with Crippen LogP contribution in [0.4, 0.5) is 5.82 Å². The summed E-state index contributed by atoms with van der Waals surface area (Å²) in [5.41, 5.74) is 8.97. The van der Waals surface area contributed by atoms with Crippen molar-refractivity contribution in [3.05, 3.63) is 66.5 Å². The predicted molar refractivity (Wildman–Crippen MR) is 125 cm³/mol. The number of ether oxygens (including phenoxy) is 2. The van der Waals surface area contributed by atoms with Crippen molar-refractivity contribution < 1.29 is 14.3 Å². The molecule has 8 heteroatoms. The number of nitrogens with one attached hydrogen (secondary N) is 1. The van der Waals surface area contributed by atoms with Gasteiger partial charge in [0, 0.05) is 18.5 Å². The van der Waals surface area contributed by atoms with E-state index in [-0.39, 0.29) is 11.6 Å². The molecular formula is C24H25N5O3. The monoisotopic (exact) mass is 431 g/mol. The molecule has 0 atom stereocenters. The minimum atomic E-state index is -0.393. The number of para-hydroxylation sites is 1. The van der Waals surface area contributed by atoms with Crippen LogP contribution in [0.25, 0.3) is 21.9 Å². The molecular weight excluding hydrogens is 406 g/mol. The van der Waals surface area contributed by atoms with Crippen LogP contribution in [0, 0.1) is 0 Å². The maximum Gasteiger partial charge on any atom is 0.289 e. The number of aryl methyl sites for hydroxylation is 2.